The Morgan fingerprint density at radius 3 is 2.00 bits per heavy atom. The summed E-state index contributed by atoms with van der Waals surface area (Å²) in [6.07, 6.45) is 1.95. The number of rotatable bonds is 9. The molecule has 2 nitrogen and oxygen atoms in total. The largest absolute Gasteiger partial charge is 0.465 e. The van der Waals surface area contributed by atoms with E-state index >= 15 is 0 Å². The van der Waals surface area contributed by atoms with Gasteiger partial charge in [0.2, 0.25) is 0 Å². The third-order valence-corrected chi connectivity index (χ3v) is 3.79. The Hall–Kier alpha value is -1.02. The van der Waals surface area contributed by atoms with Gasteiger partial charge in [-0.1, -0.05) is 46.8 Å². The van der Waals surface area contributed by atoms with E-state index in [0.717, 1.165) is 18.1 Å². The van der Waals surface area contributed by atoms with Crippen LogP contribution in [0.2, 0.25) is 0 Å². The Balaban J connectivity index is 2.75. The zero-order valence-corrected chi connectivity index (χ0v) is 14.6. The summed E-state index contributed by atoms with van der Waals surface area (Å²) in [5.74, 6) is 2.89. The summed E-state index contributed by atoms with van der Waals surface area (Å²) >= 11 is 0. The van der Waals surface area contributed by atoms with Gasteiger partial charge in [-0.3, -0.25) is 0 Å². The predicted molar refractivity (Wildman–Crippen MR) is 89.8 cm³/mol. The van der Waals surface area contributed by atoms with Crippen LogP contribution in [-0.4, -0.2) is 12.9 Å². The van der Waals surface area contributed by atoms with E-state index in [1.165, 1.54) is 12.0 Å². The van der Waals surface area contributed by atoms with Crippen LogP contribution in [0.4, 0.5) is 0 Å². The second-order valence-electron chi connectivity index (χ2n) is 6.46. The Morgan fingerprint density at radius 2 is 1.57 bits per heavy atom. The van der Waals surface area contributed by atoms with Crippen LogP contribution in [0, 0.1) is 11.8 Å². The monoisotopic (exact) mass is 292 g/mol. The Bertz CT molecular complexity index is 381. The van der Waals surface area contributed by atoms with Crippen molar-refractivity contribution < 1.29 is 9.47 Å². The lowest BCUT2D eigenvalue weighted by Crippen LogP contribution is -2.19. The molecular formula is C19H32O2. The summed E-state index contributed by atoms with van der Waals surface area (Å²) in [4.78, 5) is 0. The van der Waals surface area contributed by atoms with E-state index in [1.54, 1.807) is 0 Å². The van der Waals surface area contributed by atoms with Gasteiger partial charge in [0.15, 0.2) is 6.29 Å². The van der Waals surface area contributed by atoms with Crippen molar-refractivity contribution in [1.29, 1.82) is 0 Å². The smallest absolute Gasteiger partial charge is 0.199 e. The third kappa shape index (κ3) is 6.09. The van der Waals surface area contributed by atoms with Gasteiger partial charge in [0, 0.05) is 13.0 Å². The topological polar surface area (TPSA) is 18.5 Å². The van der Waals surface area contributed by atoms with Gasteiger partial charge in [0.25, 0.3) is 0 Å². The molecule has 0 fully saturated rings. The summed E-state index contributed by atoms with van der Waals surface area (Å²) < 4.78 is 11.4. The number of ether oxygens (including phenoxy) is 2. The van der Waals surface area contributed by atoms with E-state index in [1.807, 2.05) is 6.92 Å². The summed E-state index contributed by atoms with van der Waals surface area (Å²) in [7, 11) is 0. The Labute approximate surface area is 130 Å². The first kappa shape index (κ1) is 18.0. The molecule has 1 rings (SSSR count). The van der Waals surface area contributed by atoms with Crippen LogP contribution in [0.15, 0.2) is 24.3 Å². The molecule has 0 radical (unpaired) electrons. The van der Waals surface area contributed by atoms with E-state index in [-0.39, 0.29) is 6.29 Å². The lowest BCUT2D eigenvalue weighted by molar-refractivity contribution is -0.0766. The van der Waals surface area contributed by atoms with Crippen LogP contribution in [0.5, 0.6) is 5.75 Å². The molecular weight excluding hydrogens is 260 g/mol. The molecule has 2 heteroatoms. The number of benzene rings is 1. The molecule has 0 saturated heterocycles. The lowest BCUT2D eigenvalue weighted by Gasteiger charge is -2.24. The Kier molecular flexibility index (Phi) is 7.81. The first-order valence-electron chi connectivity index (χ1n) is 8.36. The van der Waals surface area contributed by atoms with E-state index in [2.05, 4.69) is 58.9 Å². The van der Waals surface area contributed by atoms with E-state index in [9.17, 15) is 0 Å². The highest BCUT2D eigenvalue weighted by molar-refractivity contribution is 5.30. The quantitative estimate of drug-likeness (QED) is 0.550. The van der Waals surface area contributed by atoms with Gasteiger partial charge in [-0.05, 0) is 48.8 Å². The Morgan fingerprint density at radius 1 is 0.952 bits per heavy atom. The van der Waals surface area contributed by atoms with E-state index in [4.69, 9.17) is 9.47 Å². The number of hydrogen-bond acceptors (Lipinski definition) is 2. The average Bonchev–Trinajstić information content (AvgIpc) is 2.44. The molecule has 0 saturated carbocycles. The van der Waals surface area contributed by atoms with Gasteiger partial charge in [0.1, 0.15) is 5.75 Å². The molecule has 120 valence electrons. The molecule has 1 aromatic carbocycles. The average molecular weight is 292 g/mol. The molecule has 0 aliphatic carbocycles. The summed E-state index contributed by atoms with van der Waals surface area (Å²) in [5.41, 5.74) is 1.41. The van der Waals surface area contributed by atoms with Crippen molar-refractivity contribution in [2.45, 2.75) is 66.6 Å². The maximum Gasteiger partial charge on any atom is 0.199 e. The first-order chi connectivity index (χ1) is 9.97. The molecule has 0 heterocycles. The zero-order chi connectivity index (χ0) is 15.8. The van der Waals surface area contributed by atoms with Crippen LogP contribution >= 0.6 is 0 Å². The third-order valence-electron chi connectivity index (χ3n) is 3.79. The van der Waals surface area contributed by atoms with Gasteiger partial charge < -0.3 is 9.47 Å². The molecule has 0 aromatic heterocycles. The highest BCUT2D eigenvalue weighted by atomic mass is 16.7. The van der Waals surface area contributed by atoms with Crippen molar-refractivity contribution in [2.24, 2.45) is 11.8 Å². The van der Waals surface area contributed by atoms with Gasteiger partial charge >= 0.3 is 0 Å². The van der Waals surface area contributed by atoms with E-state index < -0.39 is 0 Å². The second kappa shape index (κ2) is 9.09. The minimum Gasteiger partial charge on any atom is -0.465 e. The lowest BCUT2D eigenvalue weighted by atomic mass is 9.82. The molecule has 0 aliphatic rings. The molecule has 0 amide bonds. The molecule has 0 N–H and O–H groups in total. The molecule has 1 aromatic rings. The summed E-state index contributed by atoms with van der Waals surface area (Å²) in [5, 5.41) is 0. The first-order valence-corrected chi connectivity index (χ1v) is 8.36. The maximum atomic E-state index is 5.86. The van der Waals surface area contributed by atoms with Gasteiger partial charge in [-0.2, -0.15) is 0 Å². The zero-order valence-electron chi connectivity index (χ0n) is 14.6. The highest BCUT2D eigenvalue weighted by Crippen LogP contribution is 2.32. The van der Waals surface area contributed by atoms with E-state index in [0.29, 0.717) is 18.4 Å². The van der Waals surface area contributed by atoms with Gasteiger partial charge in [0.05, 0.1) is 0 Å². The van der Waals surface area contributed by atoms with Crippen LogP contribution in [0.25, 0.3) is 0 Å². The second-order valence-corrected chi connectivity index (χ2v) is 6.46. The fourth-order valence-electron chi connectivity index (χ4n) is 2.67. The standard InChI is InChI=1S/C19H32O2/c1-7-19(20-8-2)21-17-11-9-16(10-12-17)18(15(5)6)13-14(3)4/h9-12,14-15,18-19H,7-8,13H2,1-6H3. The number of hydrogen-bond donors (Lipinski definition) is 0. The normalized spacial score (nSPS) is 14.5. The molecule has 2 atom stereocenters. The van der Waals surface area contributed by atoms with Crippen molar-refractivity contribution in [3.8, 4) is 5.75 Å². The van der Waals surface area contributed by atoms with Gasteiger partial charge in [-0.25, -0.2) is 0 Å². The fraction of sp³-hybridized carbons (Fsp3) is 0.684. The fourth-order valence-corrected chi connectivity index (χ4v) is 2.67. The molecule has 0 aliphatic heterocycles. The van der Waals surface area contributed by atoms with Crippen molar-refractivity contribution >= 4 is 0 Å². The minimum atomic E-state index is -0.141. The van der Waals surface area contributed by atoms with Crippen LogP contribution < -0.4 is 4.74 Å². The van der Waals surface area contributed by atoms with Crippen LogP contribution in [0.1, 0.15) is 65.9 Å². The van der Waals surface area contributed by atoms with Crippen molar-refractivity contribution in [3.63, 3.8) is 0 Å². The minimum absolute atomic E-state index is 0.141. The molecule has 2 unspecified atom stereocenters. The predicted octanol–water partition coefficient (Wildman–Crippen LogP) is 5.62. The summed E-state index contributed by atoms with van der Waals surface area (Å²) in [6.45, 7) is 13.9. The maximum absolute atomic E-state index is 5.86. The highest BCUT2D eigenvalue weighted by Gasteiger charge is 2.17. The van der Waals surface area contributed by atoms with Crippen molar-refractivity contribution in [2.75, 3.05) is 6.61 Å². The SMILES string of the molecule is CCOC(CC)Oc1ccc(C(CC(C)C)C(C)C)cc1. The van der Waals surface area contributed by atoms with Crippen LogP contribution in [0.3, 0.4) is 0 Å². The van der Waals surface area contributed by atoms with Crippen molar-refractivity contribution in [3.05, 3.63) is 29.8 Å². The molecule has 0 bridgehead atoms. The molecule has 0 spiro atoms. The van der Waals surface area contributed by atoms with Crippen molar-refractivity contribution in [1.82, 2.24) is 0 Å². The summed E-state index contributed by atoms with van der Waals surface area (Å²) in [6, 6.07) is 8.57. The van der Waals surface area contributed by atoms with Gasteiger partial charge in [-0.15, -0.1) is 0 Å². The molecule has 21 heavy (non-hydrogen) atoms. The van der Waals surface area contributed by atoms with Crippen LogP contribution in [-0.2, 0) is 4.74 Å².